The van der Waals surface area contributed by atoms with E-state index in [9.17, 15) is 18.0 Å². The van der Waals surface area contributed by atoms with Crippen LogP contribution in [0.3, 0.4) is 0 Å². The Morgan fingerprint density at radius 3 is 2.68 bits per heavy atom. The highest BCUT2D eigenvalue weighted by molar-refractivity contribution is 5.85. The van der Waals surface area contributed by atoms with Crippen LogP contribution in [0.25, 0.3) is 0 Å². The second kappa shape index (κ2) is 6.00. The van der Waals surface area contributed by atoms with Crippen molar-refractivity contribution >= 4 is 11.8 Å². The predicted octanol–water partition coefficient (Wildman–Crippen LogP) is 2.90. The van der Waals surface area contributed by atoms with Crippen LogP contribution in [0, 0.1) is 12.3 Å². The van der Waals surface area contributed by atoms with E-state index in [0.717, 1.165) is 19.2 Å². The fourth-order valence-corrected chi connectivity index (χ4v) is 1.27. The SMILES string of the molecule is C#CCOC(=O)Nc1ccc(OC)c(C(F)(F)F)c1. The lowest BCUT2D eigenvalue weighted by Gasteiger charge is -2.13. The van der Waals surface area contributed by atoms with Crippen LogP contribution in [0.15, 0.2) is 18.2 Å². The molecule has 1 rings (SSSR count). The van der Waals surface area contributed by atoms with Crippen LogP contribution in [0.4, 0.5) is 23.7 Å². The number of hydrogen-bond donors (Lipinski definition) is 1. The van der Waals surface area contributed by atoms with E-state index < -0.39 is 17.8 Å². The van der Waals surface area contributed by atoms with Crippen LogP contribution in [-0.2, 0) is 10.9 Å². The maximum absolute atomic E-state index is 12.7. The summed E-state index contributed by atoms with van der Waals surface area (Å²) >= 11 is 0. The lowest BCUT2D eigenvalue weighted by atomic mass is 10.1. The van der Waals surface area contributed by atoms with Crippen molar-refractivity contribution in [2.75, 3.05) is 19.0 Å². The third kappa shape index (κ3) is 4.10. The van der Waals surface area contributed by atoms with Gasteiger partial charge in [0.2, 0.25) is 0 Å². The molecule has 0 atom stereocenters. The minimum Gasteiger partial charge on any atom is -0.496 e. The first-order chi connectivity index (χ1) is 8.88. The summed E-state index contributed by atoms with van der Waals surface area (Å²) in [5.41, 5.74) is -1.07. The highest BCUT2D eigenvalue weighted by atomic mass is 19.4. The highest BCUT2D eigenvalue weighted by Crippen LogP contribution is 2.37. The molecule has 0 spiro atoms. The van der Waals surface area contributed by atoms with Crippen molar-refractivity contribution in [1.29, 1.82) is 0 Å². The van der Waals surface area contributed by atoms with Gasteiger partial charge in [0, 0.05) is 5.69 Å². The smallest absolute Gasteiger partial charge is 0.420 e. The molecule has 0 fully saturated rings. The zero-order chi connectivity index (χ0) is 14.5. The molecule has 1 N–H and O–H groups in total. The van der Waals surface area contributed by atoms with Crippen molar-refractivity contribution in [2.24, 2.45) is 0 Å². The molecule has 1 amide bonds. The number of benzene rings is 1. The number of nitrogens with one attached hydrogen (secondary N) is 1. The Balaban J connectivity index is 2.93. The normalized spacial score (nSPS) is 10.5. The number of rotatable bonds is 3. The summed E-state index contributed by atoms with van der Waals surface area (Å²) in [5.74, 6) is 1.72. The number of halogens is 3. The van der Waals surface area contributed by atoms with Gasteiger partial charge in [0.25, 0.3) is 0 Å². The Labute approximate surface area is 107 Å². The lowest BCUT2D eigenvalue weighted by Crippen LogP contribution is -2.15. The minimum absolute atomic E-state index is 0.0739. The summed E-state index contributed by atoms with van der Waals surface area (Å²) in [6.45, 7) is -0.270. The Morgan fingerprint density at radius 1 is 1.47 bits per heavy atom. The van der Waals surface area contributed by atoms with Crippen molar-refractivity contribution in [3.05, 3.63) is 23.8 Å². The molecule has 102 valence electrons. The molecular formula is C12H10F3NO3. The maximum Gasteiger partial charge on any atom is 0.420 e. The van der Waals surface area contributed by atoms with Gasteiger partial charge < -0.3 is 9.47 Å². The van der Waals surface area contributed by atoms with Gasteiger partial charge in [-0.2, -0.15) is 13.2 Å². The summed E-state index contributed by atoms with van der Waals surface area (Å²) in [6.07, 6.45) is -0.657. The van der Waals surface area contributed by atoms with Crippen molar-refractivity contribution in [2.45, 2.75) is 6.18 Å². The van der Waals surface area contributed by atoms with Crippen LogP contribution in [0.1, 0.15) is 5.56 Å². The first-order valence-electron chi connectivity index (χ1n) is 5.01. The zero-order valence-corrected chi connectivity index (χ0v) is 9.88. The number of methoxy groups -OCH3 is 1. The second-order valence-electron chi connectivity index (χ2n) is 3.32. The fraction of sp³-hybridized carbons (Fsp3) is 0.250. The van der Waals surface area contributed by atoms with Gasteiger partial charge in [-0.15, -0.1) is 6.42 Å². The number of terminal acetylenes is 1. The average Bonchev–Trinajstić information content (AvgIpc) is 2.35. The summed E-state index contributed by atoms with van der Waals surface area (Å²) < 4.78 is 47.2. The summed E-state index contributed by atoms with van der Waals surface area (Å²) in [4.78, 5) is 11.1. The van der Waals surface area contributed by atoms with Crippen LogP contribution in [-0.4, -0.2) is 19.8 Å². The first kappa shape index (κ1) is 14.7. The molecule has 0 aromatic heterocycles. The molecule has 0 heterocycles. The Kier molecular flexibility index (Phi) is 4.64. The van der Waals surface area contributed by atoms with E-state index in [1.54, 1.807) is 0 Å². The number of anilines is 1. The topological polar surface area (TPSA) is 47.6 Å². The molecule has 7 heteroatoms. The van der Waals surface area contributed by atoms with Gasteiger partial charge in [-0.25, -0.2) is 4.79 Å². The van der Waals surface area contributed by atoms with Gasteiger partial charge in [0.15, 0.2) is 6.61 Å². The van der Waals surface area contributed by atoms with Crippen LogP contribution in [0.2, 0.25) is 0 Å². The molecule has 0 unspecified atom stereocenters. The van der Waals surface area contributed by atoms with E-state index in [2.05, 4.69) is 20.7 Å². The van der Waals surface area contributed by atoms with Crippen molar-refractivity contribution in [1.82, 2.24) is 0 Å². The fourth-order valence-electron chi connectivity index (χ4n) is 1.27. The van der Waals surface area contributed by atoms with Gasteiger partial charge in [-0.3, -0.25) is 5.32 Å². The van der Waals surface area contributed by atoms with Gasteiger partial charge in [-0.1, -0.05) is 5.92 Å². The molecular weight excluding hydrogens is 263 g/mol. The molecule has 19 heavy (non-hydrogen) atoms. The third-order valence-corrected chi connectivity index (χ3v) is 2.04. The quantitative estimate of drug-likeness (QED) is 0.861. The number of alkyl halides is 3. The number of carbonyl (C=O) groups excluding carboxylic acids is 1. The molecule has 0 radical (unpaired) electrons. The molecule has 0 bridgehead atoms. The summed E-state index contributed by atoms with van der Waals surface area (Å²) in [6, 6.07) is 3.10. The Morgan fingerprint density at radius 2 is 2.16 bits per heavy atom. The molecule has 0 aliphatic carbocycles. The van der Waals surface area contributed by atoms with Gasteiger partial charge in [0.1, 0.15) is 5.75 Å². The molecule has 0 aliphatic heterocycles. The number of hydrogen-bond acceptors (Lipinski definition) is 3. The van der Waals surface area contributed by atoms with Crippen LogP contribution >= 0.6 is 0 Å². The number of carbonyl (C=O) groups is 1. The van der Waals surface area contributed by atoms with Gasteiger partial charge >= 0.3 is 12.3 Å². The maximum atomic E-state index is 12.7. The van der Waals surface area contributed by atoms with E-state index in [4.69, 9.17) is 6.42 Å². The standard InChI is InChI=1S/C12H10F3NO3/c1-3-6-19-11(17)16-8-4-5-10(18-2)9(7-8)12(13,14)15/h1,4-5,7H,6H2,2H3,(H,16,17). The van der Waals surface area contributed by atoms with E-state index in [1.165, 1.54) is 6.07 Å². The van der Waals surface area contributed by atoms with Gasteiger partial charge in [-0.05, 0) is 18.2 Å². The highest BCUT2D eigenvalue weighted by Gasteiger charge is 2.34. The Hall–Kier alpha value is -2.36. The second-order valence-corrected chi connectivity index (χ2v) is 3.32. The predicted molar refractivity (Wildman–Crippen MR) is 61.8 cm³/mol. The molecule has 4 nitrogen and oxygen atoms in total. The largest absolute Gasteiger partial charge is 0.496 e. The molecule has 1 aromatic carbocycles. The van der Waals surface area contributed by atoms with Crippen LogP contribution < -0.4 is 10.1 Å². The lowest BCUT2D eigenvalue weighted by molar-refractivity contribution is -0.138. The molecule has 1 aromatic rings. The molecule has 0 aliphatic rings. The summed E-state index contributed by atoms with van der Waals surface area (Å²) in [7, 11) is 1.12. The van der Waals surface area contributed by atoms with E-state index >= 15 is 0 Å². The zero-order valence-electron chi connectivity index (χ0n) is 9.88. The number of amides is 1. The minimum atomic E-state index is -4.59. The van der Waals surface area contributed by atoms with Gasteiger partial charge in [0.05, 0.1) is 12.7 Å². The van der Waals surface area contributed by atoms with Crippen molar-refractivity contribution in [3.63, 3.8) is 0 Å². The monoisotopic (exact) mass is 273 g/mol. The van der Waals surface area contributed by atoms with Crippen molar-refractivity contribution < 1.29 is 27.4 Å². The first-order valence-corrected chi connectivity index (χ1v) is 5.01. The molecule has 0 saturated carbocycles. The number of ether oxygens (including phenoxy) is 2. The average molecular weight is 273 g/mol. The van der Waals surface area contributed by atoms with E-state index in [-0.39, 0.29) is 18.0 Å². The van der Waals surface area contributed by atoms with E-state index in [0.29, 0.717) is 0 Å². The summed E-state index contributed by atoms with van der Waals surface area (Å²) in [5, 5.41) is 2.13. The van der Waals surface area contributed by atoms with Crippen LogP contribution in [0.5, 0.6) is 5.75 Å². The van der Waals surface area contributed by atoms with E-state index in [1.807, 2.05) is 0 Å². The van der Waals surface area contributed by atoms with Crippen molar-refractivity contribution in [3.8, 4) is 18.1 Å². The third-order valence-electron chi connectivity index (χ3n) is 2.04. The Bertz CT molecular complexity index is 506. The molecule has 0 saturated heterocycles.